The second-order valence-corrected chi connectivity index (χ2v) is 4.20. The SMILES string of the molecule is C[C@@H](O)[C@H](NC(=O)OCc1ccc([N+](=O)[O-])cc1)C(=O)O. The molecule has 0 aliphatic rings. The third-order valence-electron chi connectivity index (χ3n) is 2.54. The topological polar surface area (TPSA) is 139 Å². The van der Waals surface area contributed by atoms with Crippen molar-refractivity contribution in [3.63, 3.8) is 0 Å². The van der Waals surface area contributed by atoms with Crippen molar-refractivity contribution in [2.24, 2.45) is 0 Å². The van der Waals surface area contributed by atoms with Crippen LogP contribution in [0, 0.1) is 10.1 Å². The standard InChI is InChI=1S/C12H14N2O7/c1-7(15)10(11(16)17)13-12(18)21-6-8-2-4-9(5-3-8)14(19)20/h2-5,7,10,15H,6H2,1H3,(H,13,18)(H,16,17)/t7-,10+/m1/s1. The quantitative estimate of drug-likeness (QED) is 0.517. The van der Waals surface area contributed by atoms with Crippen molar-refractivity contribution in [3.8, 4) is 0 Å². The van der Waals surface area contributed by atoms with E-state index in [1.807, 2.05) is 5.32 Å². The van der Waals surface area contributed by atoms with E-state index in [2.05, 4.69) is 0 Å². The van der Waals surface area contributed by atoms with Gasteiger partial charge in [0.15, 0.2) is 6.04 Å². The Morgan fingerprint density at radius 2 is 1.95 bits per heavy atom. The number of nitrogens with one attached hydrogen (secondary N) is 1. The fraction of sp³-hybridized carbons (Fsp3) is 0.333. The van der Waals surface area contributed by atoms with Gasteiger partial charge < -0.3 is 20.3 Å². The van der Waals surface area contributed by atoms with Crippen LogP contribution in [0.5, 0.6) is 0 Å². The second-order valence-electron chi connectivity index (χ2n) is 4.20. The Labute approximate surface area is 119 Å². The number of rotatable bonds is 6. The zero-order chi connectivity index (χ0) is 16.0. The molecule has 1 amide bonds. The third-order valence-corrected chi connectivity index (χ3v) is 2.54. The van der Waals surface area contributed by atoms with Gasteiger partial charge in [0, 0.05) is 12.1 Å². The Morgan fingerprint density at radius 1 is 1.38 bits per heavy atom. The van der Waals surface area contributed by atoms with E-state index in [0.29, 0.717) is 5.56 Å². The fourth-order valence-corrected chi connectivity index (χ4v) is 1.42. The summed E-state index contributed by atoms with van der Waals surface area (Å²) in [6, 6.07) is 3.86. The average molecular weight is 298 g/mol. The van der Waals surface area contributed by atoms with Gasteiger partial charge in [0.1, 0.15) is 6.61 Å². The number of carboxylic acid groups (broad SMARTS) is 1. The number of non-ortho nitro benzene ring substituents is 1. The molecule has 0 bridgehead atoms. The van der Waals surface area contributed by atoms with Crippen LogP contribution in [-0.2, 0) is 16.1 Å². The minimum absolute atomic E-state index is 0.0942. The third kappa shape index (κ3) is 5.07. The van der Waals surface area contributed by atoms with Crippen LogP contribution >= 0.6 is 0 Å². The minimum Gasteiger partial charge on any atom is -0.480 e. The summed E-state index contributed by atoms with van der Waals surface area (Å²) < 4.78 is 4.76. The number of ether oxygens (including phenoxy) is 1. The van der Waals surface area contributed by atoms with E-state index < -0.39 is 29.1 Å². The summed E-state index contributed by atoms with van der Waals surface area (Å²) in [7, 11) is 0. The summed E-state index contributed by atoms with van der Waals surface area (Å²) in [5, 5.41) is 30.4. The van der Waals surface area contributed by atoms with Gasteiger partial charge >= 0.3 is 12.1 Å². The van der Waals surface area contributed by atoms with Crippen LogP contribution in [0.25, 0.3) is 0 Å². The summed E-state index contributed by atoms with van der Waals surface area (Å²) in [6.07, 6.45) is -2.30. The van der Waals surface area contributed by atoms with Crippen molar-refractivity contribution in [1.29, 1.82) is 0 Å². The number of benzene rings is 1. The molecule has 3 N–H and O–H groups in total. The Hall–Kier alpha value is -2.68. The van der Waals surface area contributed by atoms with Gasteiger partial charge in [0.2, 0.25) is 0 Å². The largest absolute Gasteiger partial charge is 0.480 e. The smallest absolute Gasteiger partial charge is 0.408 e. The zero-order valence-corrected chi connectivity index (χ0v) is 11.1. The molecule has 9 nitrogen and oxygen atoms in total. The molecule has 0 aliphatic carbocycles. The summed E-state index contributed by atoms with van der Waals surface area (Å²) in [4.78, 5) is 32.1. The van der Waals surface area contributed by atoms with E-state index >= 15 is 0 Å². The number of carbonyl (C=O) groups is 2. The number of amides is 1. The molecule has 0 heterocycles. The van der Waals surface area contributed by atoms with Gasteiger partial charge in [-0.25, -0.2) is 9.59 Å². The highest BCUT2D eigenvalue weighted by Crippen LogP contribution is 2.12. The molecule has 0 aliphatic heterocycles. The molecule has 114 valence electrons. The molecule has 2 atom stereocenters. The van der Waals surface area contributed by atoms with E-state index in [0.717, 1.165) is 0 Å². The maximum Gasteiger partial charge on any atom is 0.408 e. The second kappa shape index (κ2) is 7.20. The van der Waals surface area contributed by atoms with Crippen LogP contribution < -0.4 is 5.32 Å². The summed E-state index contributed by atoms with van der Waals surface area (Å²) >= 11 is 0. The van der Waals surface area contributed by atoms with Gasteiger partial charge in [0.25, 0.3) is 5.69 Å². The van der Waals surface area contributed by atoms with Gasteiger partial charge in [-0.2, -0.15) is 0 Å². The number of nitro groups is 1. The van der Waals surface area contributed by atoms with E-state index in [-0.39, 0.29) is 12.3 Å². The van der Waals surface area contributed by atoms with Gasteiger partial charge in [-0.05, 0) is 24.6 Å². The van der Waals surface area contributed by atoms with Crippen LogP contribution in [0.2, 0.25) is 0 Å². The lowest BCUT2D eigenvalue weighted by Gasteiger charge is -2.16. The van der Waals surface area contributed by atoms with Crippen LogP contribution in [0.1, 0.15) is 12.5 Å². The monoisotopic (exact) mass is 298 g/mol. The number of nitrogens with zero attached hydrogens (tertiary/aromatic N) is 1. The molecule has 0 saturated carbocycles. The number of hydrogen-bond acceptors (Lipinski definition) is 6. The predicted octanol–water partition coefficient (Wildman–Crippen LogP) is 0.655. The van der Waals surface area contributed by atoms with Crippen LogP contribution in [-0.4, -0.2) is 39.3 Å². The first-order valence-electron chi connectivity index (χ1n) is 5.88. The highest BCUT2D eigenvalue weighted by atomic mass is 16.6. The Bertz CT molecular complexity index is 527. The van der Waals surface area contributed by atoms with Crippen LogP contribution in [0.15, 0.2) is 24.3 Å². The van der Waals surface area contributed by atoms with Crippen LogP contribution in [0.3, 0.4) is 0 Å². The minimum atomic E-state index is -1.48. The Balaban J connectivity index is 2.52. The Kier molecular flexibility index (Phi) is 5.61. The lowest BCUT2D eigenvalue weighted by molar-refractivity contribution is -0.384. The molecule has 0 saturated heterocycles. The van der Waals surface area contributed by atoms with Crippen molar-refractivity contribution in [2.45, 2.75) is 25.7 Å². The Morgan fingerprint density at radius 3 is 2.38 bits per heavy atom. The highest BCUT2D eigenvalue weighted by Gasteiger charge is 2.25. The maximum atomic E-state index is 11.4. The number of alkyl carbamates (subject to hydrolysis) is 1. The molecule has 1 aromatic carbocycles. The van der Waals surface area contributed by atoms with E-state index in [9.17, 15) is 24.8 Å². The van der Waals surface area contributed by atoms with E-state index in [1.165, 1.54) is 31.2 Å². The molecule has 0 aromatic heterocycles. The molecular formula is C12H14N2O7. The molecule has 1 rings (SSSR count). The first-order chi connectivity index (χ1) is 9.81. The van der Waals surface area contributed by atoms with Crippen molar-refractivity contribution in [3.05, 3.63) is 39.9 Å². The van der Waals surface area contributed by atoms with Crippen molar-refractivity contribution < 1.29 is 29.5 Å². The van der Waals surface area contributed by atoms with E-state index in [1.54, 1.807) is 0 Å². The molecule has 0 fully saturated rings. The van der Waals surface area contributed by atoms with Gasteiger partial charge in [-0.1, -0.05) is 0 Å². The maximum absolute atomic E-state index is 11.4. The molecule has 1 aromatic rings. The zero-order valence-electron chi connectivity index (χ0n) is 11.1. The van der Waals surface area contributed by atoms with Crippen LogP contribution in [0.4, 0.5) is 10.5 Å². The lowest BCUT2D eigenvalue weighted by atomic mass is 10.2. The van der Waals surface area contributed by atoms with Crippen molar-refractivity contribution in [1.82, 2.24) is 5.32 Å². The van der Waals surface area contributed by atoms with Crippen molar-refractivity contribution >= 4 is 17.7 Å². The molecule has 0 unspecified atom stereocenters. The fourth-order valence-electron chi connectivity index (χ4n) is 1.42. The summed E-state index contributed by atoms with van der Waals surface area (Å²) in [6.45, 7) is 1.03. The number of aliphatic hydroxyl groups excluding tert-OH is 1. The molecule has 0 radical (unpaired) electrons. The first kappa shape index (κ1) is 16.4. The normalized spacial score (nSPS) is 13.0. The molecule has 9 heteroatoms. The van der Waals surface area contributed by atoms with Gasteiger partial charge in [-0.15, -0.1) is 0 Å². The highest BCUT2D eigenvalue weighted by molar-refractivity contribution is 5.80. The summed E-state index contributed by atoms with van der Waals surface area (Å²) in [5.74, 6) is -1.39. The number of aliphatic carboxylic acids is 1. The number of nitro benzene ring substituents is 1. The molecule has 0 spiro atoms. The lowest BCUT2D eigenvalue weighted by Crippen LogP contribution is -2.47. The number of hydrogen-bond donors (Lipinski definition) is 3. The summed E-state index contributed by atoms with van der Waals surface area (Å²) in [5.41, 5.74) is 0.405. The number of carbonyl (C=O) groups excluding carboxylic acids is 1. The van der Waals surface area contributed by atoms with Gasteiger partial charge in [0.05, 0.1) is 11.0 Å². The molecular weight excluding hydrogens is 284 g/mol. The predicted molar refractivity (Wildman–Crippen MR) is 69.5 cm³/mol. The van der Waals surface area contributed by atoms with Gasteiger partial charge in [-0.3, -0.25) is 10.1 Å². The first-order valence-corrected chi connectivity index (χ1v) is 5.88. The van der Waals surface area contributed by atoms with E-state index in [4.69, 9.17) is 9.84 Å². The number of carboxylic acids is 1. The number of aliphatic hydroxyl groups is 1. The average Bonchev–Trinajstić information content (AvgIpc) is 2.42. The molecule has 21 heavy (non-hydrogen) atoms. The van der Waals surface area contributed by atoms with Crippen molar-refractivity contribution in [2.75, 3.05) is 0 Å².